The van der Waals surface area contributed by atoms with Crippen molar-refractivity contribution in [3.05, 3.63) is 42.5 Å². The maximum atomic E-state index is 12.1. The molecule has 3 N–H and O–H groups in total. The number of nitrogens with one attached hydrogen (secondary N) is 1. The van der Waals surface area contributed by atoms with Crippen LogP contribution in [0.25, 0.3) is 0 Å². The van der Waals surface area contributed by atoms with E-state index in [1.165, 1.54) is 12.1 Å². The Morgan fingerprint density at radius 3 is 2.60 bits per heavy atom. The Morgan fingerprint density at radius 1 is 1.40 bits per heavy atom. The molecule has 0 aliphatic rings. The van der Waals surface area contributed by atoms with Crippen LogP contribution in [0.3, 0.4) is 0 Å². The van der Waals surface area contributed by atoms with Gasteiger partial charge in [-0.2, -0.15) is 8.78 Å². The molecule has 0 aliphatic carbocycles. The van der Waals surface area contributed by atoms with Crippen LogP contribution in [0.4, 0.5) is 8.78 Å². The number of hydrogen-bond donors (Lipinski definition) is 2. The summed E-state index contributed by atoms with van der Waals surface area (Å²) in [7, 11) is 0. The molecule has 1 aromatic rings. The van der Waals surface area contributed by atoms with E-state index in [1.807, 2.05) is 0 Å². The van der Waals surface area contributed by atoms with Crippen LogP contribution in [0.1, 0.15) is 11.6 Å². The lowest BCUT2D eigenvalue weighted by Gasteiger charge is -2.16. The molecule has 0 amide bonds. The summed E-state index contributed by atoms with van der Waals surface area (Å²) in [4.78, 5) is 0. The molecule has 1 rings (SSSR count). The molecule has 0 aliphatic heterocycles. The topological polar surface area (TPSA) is 47.3 Å². The second-order valence-corrected chi connectivity index (χ2v) is 2.80. The molecular weight excluding hydrogens is 202 g/mol. The van der Waals surface area contributed by atoms with Gasteiger partial charge in [-0.25, -0.2) is 5.43 Å². The van der Waals surface area contributed by atoms with Crippen molar-refractivity contribution in [1.82, 2.24) is 5.43 Å². The van der Waals surface area contributed by atoms with Gasteiger partial charge in [-0.05, 0) is 6.07 Å². The Bertz CT molecular complexity index is 331. The van der Waals surface area contributed by atoms with Gasteiger partial charge in [-0.1, -0.05) is 24.3 Å². The van der Waals surface area contributed by atoms with E-state index >= 15 is 0 Å². The van der Waals surface area contributed by atoms with Crippen LogP contribution in [0.2, 0.25) is 0 Å². The number of benzene rings is 1. The normalized spacial score (nSPS) is 12.5. The first-order chi connectivity index (χ1) is 7.19. The molecule has 0 spiro atoms. The van der Waals surface area contributed by atoms with E-state index < -0.39 is 12.7 Å². The standard InChI is InChI=1S/C10H12F2N2O/c1-2-8(14-13)7-5-3-4-6-9(7)15-10(11)12/h2-6,8,10,14H,1,13H2. The van der Waals surface area contributed by atoms with Gasteiger partial charge in [0.05, 0.1) is 6.04 Å². The zero-order chi connectivity index (χ0) is 11.3. The maximum absolute atomic E-state index is 12.1. The van der Waals surface area contributed by atoms with Gasteiger partial charge >= 0.3 is 6.61 Å². The Hall–Kier alpha value is -1.46. The van der Waals surface area contributed by atoms with Crippen LogP contribution in [0.15, 0.2) is 36.9 Å². The van der Waals surface area contributed by atoms with Gasteiger partial charge in [0.25, 0.3) is 0 Å². The smallest absolute Gasteiger partial charge is 0.387 e. The summed E-state index contributed by atoms with van der Waals surface area (Å²) >= 11 is 0. The van der Waals surface area contributed by atoms with Crippen LogP contribution in [0.5, 0.6) is 5.75 Å². The molecule has 0 aromatic heterocycles. The number of halogens is 2. The van der Waals surface area contributed by atoms with Crippen molar-refractivity contribution in [2.45, 2.75) is 12.7 Å². The number of hydrazine groups is 1. The molecule has 0 heterocycles. The third kappa shape index (κ3) is 3.00. The molecule has 5 heteroatoms. The fourth-order valence-electron chi connectivity index (χ4n) is 1.23. The van der Waals surface area contributed by atoms with Crippen LogP contribution >= 0.6 is 0 Å². The number of ether oxygens (including phenoxy) is 1. The van der Waals surface area contributed by atoms with Gasteiger partial charge in [-0.3, -0.25) is 5.84 Å². The molecule has 0 saturated heterocycles. The Labute approximate surface area is 86.5 Å². The second kappa shape index (κ2) is 5.43. The molecule has 1 unspecified atom stereocenters. The Morgan fingerprint density at radius 2 is 2.07 bits per heavy atom. The highest BCUT2D eigenvalue weighted by Gasteiger charge is 2.13. The minimum Gasteiger partial charge on any atom is -0.434 e. The number of nitrogens with two attached hydrogens (primary N) is 1. The van der Waals surface area contributed by atoms with Crippen LogP contribution < -0.4 is 16.0 Å². The summed E-state index contributed by atoms with van der Waals surface area (Å²) in [5, 5.41) is 0. The minimum atomic E-state index is -2.85. The summed E-state index contributed by atoms with van der Waals surface area (Å²) in [5.41, 5.74) is 2.96. The number of rotatable bonds is 5. The van der Waals surface area contributed by atoms with Gasteiger partial charge in [-0.15, -0.1) is 6.58 Å². The molecule has 0 bridgehead atoms. The highest BCUT2D eigenvalue weighted by molar-refractivity contribution is 5.37. The lowest BCUT2D eigenvalue weighted by molar-refractivity contribution is -0.0506. The third-order valence-electron chi connectivity index (χ3n) is 1.89. The van der Waals surface area contributed by atoms with Crippen molar-refractivity contribution >= 4 is 0 Å². The highest BCUT2D eigenvalue weighted by atomic mass is 19.3. The lowest BCUT2D eigenvalue weighted by atomic mass is 10.1. The highest BCUT2D eigenvalue weighted by Crippen LogP contribution is 2.26. The average Bonchev–Trinajstić information content (AvgIpc) is 2.21. The van der Waals surface area contributed by atoms with Crippen LogP contribution in [-0.2, 0) is 0 Å². The number of para-hydroxylation sites is 1. The van der Waals surface area contributed by atoms with E-state index in [0.29, 0.717) is 5.56 Å². The van der Waals surface area contributed by atoms with E-state index in [1.54, 1.807) is 18.2 Å². The maximum Gasteiger partial charge on any atom is 0.387 e. The van der Waals surface area contributed by atoms with Crippen LogP contribution in [-0.4, -0.2) is 6.61 Å². The zero-order valence-corrected chi connectivity index (χ0v) is 7.99. The molecule has 1 aromatic carbocycles. The first-order valence-corrected chi connectivity index (χ1v) is 4.31. The molecule has 1 atom stereocenters. The van der Waals surface area contributed by atoms with Gasteiger partial charge in [0.1, 0.15) is 5.75 Å². The van der Waals surface area contributed by atoms with Gasteiger partial charge in [0.15, 0.2) is 0 Å². The second-order valence-electron chi connectivity index (χ2n) is 2.80. The minimum absolute atomic E-state index is 0.0929. The van der Waals surface area contributed by atoms with Crippen molar-refractivity contribution in [3.63, 3.8) is 0 Å². The lowest BCUT2D eigenvalue weighted by Crippen LogP contribution is -2.26. The van der Waals surface area contributed by atoms with Gasteiger partial charge < -0.3 is 4.74 Å². The fourth-order valence-corrected chi connectivity index (χ4v) is 1.23. The van der Waals surface area contributed by atoms with Gasteiger partial charge in [0, 0.05) is 5.56 Å². The van der Waals surface area contributed by atoms with Crippen molar-refractivity contribution < 1.29 is 13.5 Å². The molecule has 3 nitrogen and oxygen atoms in total. The average molecular weight is 214 g/mol. The van der Waals surface area contributed by atoms with Crippen molar-refractivity contribution in [2.75, 3.05) is 0 Å². The summed E-state index contributed by atoms with van der Waals surface area (Å²) in [6, 6.07) is 6.00. The summed E-state index contributed by atoms with van der Waals surface area (Å²) < 4.78 is 28.5. The monoisotopic (exact) mass is 214 g/mol. The predicted molar refractivity (Wildman–Crippen MR) is 53.3 cm³/mol. The van der Waals surface area contributed by atoms with Crippen molar-refractivity contribution in [1.29, 1.82) is 0 Å². The molecule has 15 heavy (non-hydrogen) atoms. The van der Waals surface area contributed by atoms with Crippen molar-refractivity contribution in [2.24, 2.45) is 5.84 Å². The predicted octanol–water partition coefficient (Wildman–Crippen LogP) is 1.98. The third-order valence-corrected chi connectivity index (χ3v) is 1.89. The fraction of sp³-hybridized carbons (Fsp3) is 0.200. The number of alkyl halides is 2. The first-order valence-electron chi connectivity index (χ1n) is 4.31. The summed E-state index contributed by atoms with van der Waals surface area (Å²) in [6.07, 6.45) is 1.51. The largest absolute Gasteiger partial charge is 0.434 e. The van der Waals surface area contributed by atoms with E-state index in [0.717, 1.165) is 0 Å². The SMILES string of the molecule is C=CC(NN)c1ccccc1OC(F)F. The summed E-state index contributed by atoms with van der Waals surface area (Å²) in [5.74, 6) is 5.34. The van der Waals surface area contributed by atoms with E-state index in [4.69, 9.17) is 5.84 Å². The molecule has 82 valence electrons. The zero-order valence-electron chi connectivity index (χ0n) is 7.99. The molecule has 0 saturated carbocycles. The van der Waals surface area contributed by atoms with E-state index in [2.05, 4.69) is 16.7 Å². The Balaban J connectivity index is 2.99. The van der Waals surface area contributed by atoms with Gasteiger partial charge in [0.2, 0.25) is 0 Å². The quantitative estimate of drug-likeness (QED) is 0.447. The molecular formula is C10H12F2N2O. The van der Waals surface area contributed by atoms with Crippen LogP contribution in [0, 0.1) is 0 Å². The van der Waals surface area contributed by atoms with E-state index in [9.17, 15) is 8.78 Å². The number of hydrogen-bond acceptors (Lipinski definition) is 3. The van der Waals surface area contributed by atoms with Crippen molar-refractivity contribution in [3.8, 4) is 5.75 Å². The molecule has 0 fully saturated rings. The first kappa shape index (κ1) is 11.6. The molecule has 0 radical (unpaired) electrons. The Kier molecular flexibility index (Phi) is 4.20. The summed E-state index contributed by atoms with van der Waals surface area (Å²) in [6.45, 7) is 0.691. The van der Waals surface area contributed by atoms with E-state index in [-0.39, 0.29) is 5.75 Å².